The first kappa shape index (κ1) is 25.8. The Morgan fingerprint density at radius 1 is 1.17 bits per heavy atom. The molecule has 0 bridgehead atoms. The van der Waals surface area contributed by atoms with Gasteiger partial charge in [-0.2, -0.15) is 0 Å². The van der Waals surface area contributed by atoms with Gasteiger partial charge in [0.05, 0.1) is 22.8 Å². The molecule has 2 unspecified atom stereocenters. The van der Waals surface area contributed by atoms with Crippen molar-refractivity contribution in [3.05, 3.63) is 75.7 Å². The average Bonchev–Trinajstić information content (AvgIpc) is 3.23. The normalized spacial score (nSPS) is 17.3. The van der Waals surface area contributed by atoms with Crippen LogP contribution in [0.25, 0.3) is 11.1 Å². The molecular formula is C25H22Cl2F2N4O3. The van der Waals surface area contributed by atoms with Crippen molar-refractivity contribution in [2.75, 3.05) is 37.0 Å². The minimum atomic E-state index is -1.28. The second-order valence-electron chi connectivity index (χ2n) is 8.28. The molecule has 36 heavy (non-hydrogen) atoms. The summed E-state index contributed by atoms with van der Waals surface area (Å²) in [6.45, 7) is 0.168. The molecule has 2 atom stereocenters. The molecule has 2 heterocycles. The lowest BCUT2D eigenvalue weighted by Gasteiger charge is -2.26. The summed E-state index contributed by atoms with van der Waals surface area (Å²) in [5.41, 5.74) is 6.71. The Morgan fingerprint density at radius 3 is 2.56 bits per heavy atom. The Balaban J connectivity index is 1.83. The van der Waals surface area contributed by atoms with Crippen LogP contribution in [0.5, 0.6) is 0 Å². The molecule has 1 aromatic heterocycles. The van der Waals surface area contributed by atoms with Crippen LogP contribution in [0.15, 0.2) is 48.7 Å². The molecule has 0 radical (unpaired) electrons. The SMILES string of the molecule is COC1CN(c2cc(-c3cc(C(N)=O)ccc3Cl)cnc2N(C)C(=O)c2c(F)cccc2Cl)CC1F. The number of hydrogen-bond donors (Lipinski definition) is 1. The number of nitrogens with two attached hydrogens (primary N) is 1. The standard InChI is InChI=1S/C25H22Cl2F2N4O3/c1-32(25(35)22-17(27)4-3-5-18(22)28)24-20(33-11-19(29)21(12-33)36-2)9-14(10-31-24)15-8-13(23(30)34)6-7-16(15)26/h3-10,19,21H,11-12H2,1-2H3,(H2,30,34). The minimum absolute atomic E-state index is 0.0197. The first-order chi connectivity index (χ1) is 17.1. The number of aromatic nitrogens is 1. The Hall–Kier alpha value is -3.27. The Bertz CT molecular complexity index is 1320. The number of methoxy groups -OCH3 is 1. The summed E-state index contributed by atoms with van der Waals surface area (Å²) in [6, 6.07) is 10.2. The van der Waals surface area contributed by atoms with Crippen molar-refractivity contribution < 1.29 is 23.1 Å². The number of hydrogen-bond acceptors (Lipinski definition) is 5. The highest BCUT2D eigenvalue weighted by molar-refractivity contribution is 6.34. The van der Waals surface area contributed by atoms with Gasteiger partial charge in [0.25, 0.3) is 5.91 Å². The number of anilines is 2. The number of carbonyl (C=O) groups is 2. The van der Waals surface area contributed by atoms with E-state index in [1.807, 2.05) is 0 Å². The quantitative estimate of drug-likeness (QED) is 0.493. The van der Waals surface area contributed by atoms with Crippen LogP contribution in [0.1, 0.15) is 20.7 Å². The number of primary amides is 1. The van der Waals surface area contributed by atoms with E-state index in [9.17, 15) is 18.4 Å². The third kappa shape index (κ3) is 4.86. The maximum atomic E-state index is 14.6. The van der Waals surface area contributed by atoms with Crippen LogP contribution in [0.4, 0.5) is 20.3 Å². The highest BCUT2D eigenvalue weighted by atomic mass is 35.5. The number of pyridine rings is 1. The van der Waals surface area contributed by atoms with Crippen molar-refractivity contribution in [2.24, 2.45) is 5.73 Å². The number of benzene rings is 2. The summed E-state index contributed by atoms with van der Waals surface area (Å²) < 4.78 is 34.3. The van der Waals surface area contributed by atoms with Gasteiger partial charge in [-0.05, 0) is 36.4 Å². The van der Waals surface area contributed by atoms with Gasteiger partial charge in [0.2, 0.25) is 5.91 Å². The van der Waals surface area contributed by atoms with Crippen LogP contribution in [0.2, 0.25) is 10.0 Å². The van der Waals surface area contributed by atoms with Crippen molar-refractivity contribution in [2.45, 2.75) is 12.3 Å². The van der Waals surface area contributed by atoms with E-state index in [2.05, 4.69) is 4.98 Å². The largest absolute Gasteiger partial charge is 0.377 e. The van der Waals surface area contributed by atoms with E-state index >= 15 is 0 Å². The van der Waals surface area contributed by atoms with Gasteiger partial charge in [0.1, 0.15) is 18.1 Å². The van der Waals surface area contributed by atoms with Crippen molar-refractivity contribution >= 4 is 46.5 Å². The molecule has 1 fully saturated rings. The van der Waals surface area contributed by atoms with E-state index in [1.54, 1.807) is 11.0 Å². The van der Waals surface area contributed by atoms with E-state index in [1.165, 1.54) is 50.7 Å². The lowest BCUT2D eigenvalue weighted by Crippen LogP contribution is -2.31. The van der Waals surface area contributed by atoms with E-state index in [0.717, 1.165) is 11.0 Å². The van der Waals surface area contributed by atoms with Crippen LogP contribution in [-0.4, -0.2) is 56.3 Å². The minimum Gasteiger partial charge on any atom is -0.377 e. The molecule has 0 saturated carbocycles. The summed E-state index contributed by atoms with van der Waals surface area (Å²) in [6.07, 6.45) is -0.519. The number of ether oxygens (including phenoxy) is 1. The van der Waals surface area contributed by atoms with Gasteiger partial charge in [-0.15, -0.1) is 0 Å². The number of halogens is 4. The Labute approximate surface area is 216 Å². The number of carbonyl (C=O) groups excluding carboxylic acids is 2. The number of rotatable bonds is 6. The Kier molecular flexibility index (Phi) is 7.44. The van der Waals surface area contributed by atoms with Crippen LogP contribution in [-0.2, 0) is 4.74 Å². The molecule has 188 valence electrons. The molecule has 0 aliphatic carbocycles. The molecule has 2 aromatic carbocycles. The van der Waals surface area contributed by atoms with Gasteiger partial charge in [-0.1, -0.05) is 29.3 Å². The third-order valence-electron chi connectivity index (χ3n) is 6.05. The summed E-state index contributed by atoms with van der Waals surface area (Å²) in [5.74, 6) is -1.99. The molecule has 3 aromatic rings. The number of alkyl halides is 1. The molecule has 7 nitrogen and oxygen atoms in total. The van der Waals surface area contributed by atoms with Crippen molar-refractivity contribution in [1.82, 2.24) is 4.98 Å². The van der Waals surface area contributed by atoms with Crippen molar-refractivity contribution in [1.29, 1.82) is 0 Å². The fourth-order valence-corrected chi connectivity index (χ4v) is 4.57. The van der Waals surface area contributed by atoms with Gasteiger partial charge in [0, 0.05) is 48.6 Å². The molecule has 1 aliphatic heterocycles. The first-order valence-corrected chi connectivity index (χ1v) is 11.6. The second kappa shape index (κ2) is 10.4. The zero-order valence-corrected chi connectivity index (χ0v) is 20.9. The highest BCUT2D eigenvalue weighted by Gasteiger charge is 2.35. The smallest absolute Gasteiger partial charge is 0.263 e. The molecule has 1 saturated heterocycles. The maximum Gasteiger partial charge on any atom is 0.263 e. The predicted molar refractivity (Wildman–Crippen MR) is 135 cm³/mol. The Morgan fingerprint density at radius 2 is 1.92 bits per heavy atom. The molecule has 2 N–H and O–H groups in total. The zero-order chi connectivity index (χ0) is 26.1. The van der Waals surface area contributed by atoms with E-state index in [-0.39, 0.29) is 35.1 Å². The molecule has 2 amide bonds. The topological polar surface area (TPSA) is 88.8 Å². The lowest BCUT2D eigenvalue weighted by molar-refractivity contribution is 0.0650. The van der Waals surface area contributed by atoms with Crippen molar-refractivity contribution in [3.8, 4) is 11.1 Å². The average molecular weight is 535 g/mol. The summed E-state index contributed by atoms with van der Waals surface area (Å²) in [7, 11) is 2.84. The first-order valence-electron chi connectivity index (χ1n) is 10.9. The zero-order valence-electron chi connectivity index (χ0n) is 19.3. The van der Waals surface area contributed by atoms with Crippen LogP contribution < -0.4 is 15.5 Å². The number of nitrogens with zero attached hydrogens (tertiary/aromatic N) is 3. The summed E-state index contributed by atoms with van der Waals surface area (Å²) >= 11 is 12.5. The van der Waals surface area contributed by atoms with Crippen LogP contribution >= 0.6 is 23.2 Å². The van der Waals surface area contributed by atoms with Crippen molar-refractivity contribution in [3.63, 3.8) is 0 Å². The monoisotopic (exact) mass is 534 g/mol. The lowest BCUT2D eigenvalue weighted by atomic mass is 10.0. The molecule has 0 spiro atoms. The maximum absolute atomic E-state index is 14.6. The second-order valence-corrected chi connectivity index (χ2v) is 9.10. The van der Waals surface area contributed by atoms with Crippen LogP contribution in [0, 0.1) is 5.82 Å². The van der Waals surface area contributed by atoms with E-state index in [4.69, 9.17) is 33.7 Å². The fraction of sp³-hybridized carbons (Fsp3) is 0.240. The van der Waals surface area contributed by atoms with E-state index < -0.39 is 29.9 Å². The van der Waals surface area contributed by atoms with Gasteiger partial charge in [-0.25, -0.2) is 13.8 Å². The van der Waals surface area contributed by atoms with Crippen LogP contribution in [0.3, 0.4) is 0 Å². The summed E-state index contributed by atoms with van der Waals surface area (Å²) in [4.78, 5) is 32.2. The molecule has 4 rings (SSSR count). The highest BCUT2D eigenvalue weighted by Crippen LogP contribution is 2.38. The van der Waals surface area contributed by atoms with Gasteiger partial charge >= 0.3 is 0 Å². The fourth-order valence-electron chi connectivity index (χ4n) is 4.10. The molecule has 11 heteroatoms. The number of amides is 2. The summed E-state index contributed by atoms with van der Waals surface area (Å²) in [5, 5.41) is 0.284. The van der Waals surface area contributed by atoms with Gasteiger partial charge in [-0.3, -0.25) is 14.5 Å². The molecule has 1 aliphatic rings. The van der Waals surface area contributed by atoms with E-state index in [0.29, 0.717) is 21.8 Å². The third-order valence-corrected chi connectivity index (χ3v) is 6.69. The van der Waals surface area contributed by atoms with Gasteiger partial charge in [0.15, 0.2) is 5.82 Å². The molecular weight excluding hydrogens is 513 g/mol. The van der Waals surface area contributed by atoms with Gasteiger partial charge < -0.3 is 15.4 Å². The predicted octanol–water partition coefficient (Wildman–Crippen LogP) is 4.74.